The molecule has 188 valence electrons. The number of piperazine rings is 1. The monoisotopic (exact) mass is 497 g/mol. The Hall–Kier alpha value is -2.72. The van der Waals surface area contributed by atoms with Gasteiger partial charge in [-0.25, -0.2) is 13.1 Å². The second-order valence-corrected chi connectivity index (χ2v) is 10.9. The van der Waals surface area contributed by atoms with Crippen LogP contribution in [0.4, 0.5) is 5.82 Å². The minimum Gasteiger partial charge on any atom is -0.385 e. The van der Waals surface area contributed by atoms with Gasteiger partial charge in [0, 0.05) is 58.5 Å². The molecule has 1 aliphatic rings. The molecule has 4 rings (SSSR count). The first-order valence-electron chi connectivity index (χ1n) is 12.0. The molecule has 0 bridgehead atoms. The summed E-state index contributed by atoms with van der Waals surface area (Å²) in [5, 5.41) is 4.89. The maximum absolute atomic E-state index is 13.7. The van der Waals surface area contributed by atoms with Crippen LogP contribution in [0.25, 0.3) is 5.69 Å². The Morgan fingerprint density at radius 2 is 1.60 bits per heavy atom. The van der Waals surface area contributed by atoms with Gasteiger partial charge in [-0.3, -0.25) is 0 Å². The number of para-hydroxylation sites is 1. The molecule has 0 saturated carbocycles. The fraction of sp³-hybridized carbons (Fsp3) is 0.423. The summed E-state index contributed by atoms with van der Waals surface area (Å²) in [5.41, 5.74) is 2.74. The summed E-state index contributed by atoms with van der Waals surface area (Å²) in [6.45, 7) is 6.68. The minimum atomic E-state index is -3.69. The van der Waals surface area contributed by atoms with Crippen LogP contribution in [0.5, 0.6) is 0 Å². The number of nitrogens with zero attached hydrogens (tertiary/aromatic N) is 5. The minimum absolute atomic E-state index is 0.251. The van der Waals surface area contributed by atoms with E-state index < -0.39 is 10.0 Å². The van der Waals surface area contributed by atoms with Crippen molar-refractivity contribution in [2.24, 2.45) is 0 Å². The maximum atomic E-state index is 13.7. The lowest BCUT2D eigenvalue weighted by Gasteiger charge is -2.35. The molecule has 1 aromatic heterocycles. The lowest BCUT2D eigenvalue weighted by atomic mass is 10.2. The SMILES string of the molecule is COCCCN(Cc1c(C)nn(-c2ccccc2)c1N1CCN(C)CC1)S(=O)(=O)c1ccccc1. The smallest absolute Gasteiger partial charge is 0.243 e. The van der Waals surface area contributed by atoms with Crippen LogP contribution < -0.4 is 4.90 Å². The van der Waals surface area contributed by atoms with Gasteiger partial charge in [0.25, 0.3) is 0 Å². The Kier molecular flexibility index (Phi) is 8.22. The van der Waals surface area contributed by atoms with E-state index in [1.807, 2.05) is 48.0 Å². The van der Waals surface area contributed by atoms with Crippen LogP contribution in [0.15, 0.2) is 65.6 Å². The first kappa shape index (κ1) is 25.4. The van der Waals surface area contributed by atoms with Gasteiger partial charge in [-0.1, -0.05) is 36.4 Å². The van der Waals surface area contributed by atoms with Crippen LogP contribution in [-0.4, -0.2) is 80.9 Å². The number of anilines is 1. The molecule has 1 fully saturated rings. The molecule has 2 aromatic carbocycles. The van der Waals surface area contributed by atoms with Crippen LogP contribution in [0, 0.1) is 6.92 Å². The van der Waals surface area contributed by atoms with E-state index in [2.05, 4.69) is 16.8 Å². The van der Waals surface area contributed by atoms with E-state index in [0.29, 0.717) is 24.5 Å². The van der Waals surface area contributed by atoms with Gasteiger partial charge < -0.3 is 14.5 Å². The molecule has 1 saturated heterocycles. The molecule has 8 nitrogen and oxygen atoms in total. The van der Waals surface area contributed by atoms with Crippen LogP contribution in [0.1, 0.15) is 17.7 Å². The molecule has 0 spiro atoms. The number of methoxy groups -OCH3 is 1. The molecule has 3 aromatic rings. The van der Waals surface area contributed by atoms with Gasteiger partial charge in [0.1, 0.15) is 5.82 Å². The Morgan fingerprint density at radius 3 is 2.23 bits per heavy atom. The number of benzene rings is 2. The molecule has 35 heavy (non-hydrogen) atoms. The van der Waals surface area contributed by atoms with Gasteiger partial charge >= 0.3 is 0 Å². The predicted octanol–water partition coefficient (Wildman–Crippen LogP) is 3.16. The number of hydrogen-bond acceptors (Lipinski definition) is 6. The molecule has 0 aliphatic carbocycles. The quantitative estimate of drug-likeness (QED) is 0.401. The van der Waals surface area contributed by atoms with Crippen molar-refractivity contribution in [3.05, 3.63) is 71.9 Å². The third-order valence-electron chi connectivity index (χ3n) is 6.43. The van der Waals surface area contributed by atoms with E-state index in [-0.39, 0.29) is 6.54 Å². The van der Waals surface area contributed by atoms with Gasteiger partial charge in [0.2, 0.25) is 10.0 Å². The van der Waals surface area contributed by atoms with Gasteiger partial charge in [-0.2, -0.15) is 9.40 Å². The van der Waals surface area contributed by atoms with Crippen molar-refractivity contribution in [3.8, 4) is 5.69 Å². The highest BCUT2D eigenvalue weighted by atomic mass is 32.2. The molecule has 1 aliphatic heterocycles. The second kappa shape index (κ2) is 11.3. The van der Waals surface area contributed by atoms with Crippen molar-refractivity contribution in [3.63, 3.8) is 0 Å². The van der Waals surface area contributed by atoms with Gasteiger partial charge in [-0.05, 0) is 44.7 Å². The fourth-order valence-corrected chi connectivity index (χ4v) is 5.88. The van der Waals surface area contributed by atoms with Gasteiger partial charge in [0.05, 0.1) is 16.3 Å². The fourth-order valence-electron chi connectivity index (χ4n) is 4.41. The standard InChI is InChI=1S/C26H35N5O3S/c1-22-25(21-30(15-10-20-34-3)35(32,33)24-13-8-5-9-14-24)26(29-18-16-28(2)17-19-29)31(27-22)23-11-6-4-7-12-23/h4-9,11-14H,10,15-21H2,1-3H3. The van der Waals surface area contributed by atoms with Crippen LogP contribution >= 0.6 is 0 Å². The highest BCUT2D eigenvalue weighted by Crippen LogP contribution is 2.31. The molecular formula is C26H35N5O3S. The van der Waals surface area contributed by atoms with Crippen LogP contribution in [0.3, 0.4) is 0 Å². The Bertz CT molecular complexity index is 1190. The number of aryl methyl sites for hydroxylation is 1. The maximum Gasteiger partial charge on any atom is 0.243 e. The molecule has 0 amide bonds. The normalized spacial score (nSPS) is 15.1. The number of aromatic nitrogens is 2. The number of hydrogen-bond donors (Lipinski definition) is 0. The van der Waals surface area contributed by atoms with Crippen LogP contribution in [0.2, 0.25) is 0 Å². The summed E-state index contributed by atoms with van der Waals surface area (Å²) in [4.78, 5) is 4.94. The Balaban J connectivity index is 1.76. The third kappa shape index (κ3) is 5.75. The zero-order valence-corrected chi connectivity index (χ0v) is 21.6. The lowest BCUT2D eigenvalue weighted by molar-refractivity contribution is 0.186. The molecular weight excluding hydrogens is 462 g/mol. The van der Waals surface area contributed by atoms with Crippen molar-refractivity contribution >= 4 is 15.8 Å². The lowest BCUT2D eigenvalue weighted by Crippen LogP contribution is -2.45. The van der Waals surface area contributed by atoms with E-state index in [4.69, 9.17) is 9.84 Å². The largest absolute Gasteiger partial charge is 0.385 e. The summed E-state index contributed by atoms with van der Waals surface area (Å²) >= 11 is 0. The summed E-state index contributed by atoms with van der Waals surface area (Å²) in [7, 11) is 0.0673. The second-order valence-electron chi connectivity index (χ2n) is 8.92. The van der Waals surface area contributed by atoms with E-state index >= 15 is 0 Å². The van der Waals surface area contributed by atoms with E-state index in [9.17, 15) is 8.42 Å². The van der Waals surface area contributed by atoms with E-state index in [1.54, 1.807) is 35.7 Å². The zero-order valence-electron chi connectivity index (χ0n) is 20.8. The Labute approximate surface area is 208 Å². The van der Waals surface area contributed by atoms with E-state index in [1.165, 1.54) is 0 Å². The molecule has 0 radical (unpaired) electrons. The zero-order chi connectivity index (χ0) is 24.8. The topological polar surface area (TPSA) is 70.9 Å². The first-order chi connectivity index (χ1) is 16.9. The average molecular weight is 498 g/mol. The van der Waals surface area contributed by atoms with Crippen LogP contribution in [-0.2, 0) is 21.3 Å². The van der Waals surface area contributed by atoms with Crippen molar-refractivity contribution in [2.45, 2.75) is 24.8 Å². The third-order valence-corrected chi connectivity index (χ3v) is 8.29. The molecule has 0 unspecified atom stereocenters. The molecule has 0 atom stereocenters. The van der Waals surface area contributed by atoms with Crippen molar-refractivity contribution in [2.75, 3.05) is 58.4 Å². The average Bonchev–Trinajstić information content (AvgIpc) is 3.21. The number of ether oxygens (including phenoxy) is 1. The highest BCUT2D eigenvalue weighted by molar-refractivity contribution is 7.89. The van der Waals surface area contributed by atoms with Crippen molar-refractivity contribution < 1.29 is 13.2 Å². The summed E-state index contributed by atoms with van der Waals surface area (Å²) in [5.74, 6) is 0.974. The summed E-state index contributed by atoms with van der Waals surface area (Å²) in [6.07, 6.45) is 0.609. The Morgan fingerprint density at radius 1 is 0.971 bits per heavy atom. The highest BCUT2D eigenvalue weighted by Gasteiger charge is 2.30. The summed E-state index contributed by atoms with van der Waals surface area (Å²) < 4.78 is 36.1. The first-order valence-corrected chi connectivity index (χ1v) is 13.5. The predicted molar refractivity (Wildman–Crippen MR) is 139 cm³/mol. The van der Waals surface area contributed by atoms with E-state index in [0.717, 1.165) is 48.9 Å². The molecule has 2 heterocycles. The molecule has 0 N–H and O–H groups in total. The number of sulfonamides is 1. The number of likely N-dealkylation sites (N-methyl/N-ethyl adjacent to an activating group) is 1. The summed E-state index contributed by atoms with van der Waals surface area (Å²) in [6, 6.07) is 18.7. The van der Waals surface area contributed by atoms with Crippen molar-refractivity contribution in [1.29, 1.82) is 0 Å². The number of rotatable bonds is 10. The van der Waals surface area contributed by atoms with Crippen molar-refractivity contribution in [1.82, 2.24) is 19.0 Å². The molecule has 9 heteroatoms. The van der Waals surface area contributed by atoms with Gasteiger partial charge in [-0.15, -0.1) is 0 Å². The van der Waals surface area contributed by atoms with Gasteiger partial charge in [0.15, 0.2) is 0 Å².